The summed E-state index contributed by atoms with van der Waals surface area (Å²) in [6.45, 7) is 0.723. The molecule has 0 unspecified atom stereocenters. The zero-order chi connectivity index (χ0) is 19.2. The van der Waals surface area contributed by atoms with Gasteiger partial charge in [0, 0.05) is 28.2 Å². The maximum Gasteiger partial charge on any atom is 1.00 e. The maximum atomic E-state index is 10.8. The molecule has 0 bridgehead atoms. The first-order valence-electron chi connectivity index (χ1n) is 8.59. The molecule has 3 aromatic rings. The molecular formula is C22H18Cl2NNaO2. The van der Waals surface area contributed by atoms with Crippen molar-refractivity contribution >= 4 is 34.9 Å². The van der Waals surface area contributed by atoms with E-state index in [4.69, 9.17) is 23.2 Å². The molecule has 0 saturated heterocycles. The number of nitrogens with one attached hydrogen (secondary N) is 1. The Kier molecular flexibility index (Phi) is 8.87. The summed E-state index contributed by atoms with van der Waals surface area (Å²) >= 11 is 12.1. The van der Waals surface area contributed by atoms with Crippen LogP contribution in [-0.4, -0.2) is 12.5 Å². The van der Waals surface area contributed by atoms with E-state index in [1.807, 2.05) is 48.5 Å². The van der Waals surface area contributed by atoms with E-state index in [0.29, 0.717) is 10.0 Å². The summed E-state index contributed by atoms with van der Waals surface area (Å²) in [5.74, 6) is -0.985. The fourth-order valence-corrected chi connectivity index (χ4v) is 3.25. The molecule has 6 heteroatoms. The van der Waals surface area contributed by atoms with Crippen molar-refractivity contribution in [2.24, 2.45) is 0 Å². The average molecular weight is 422 g/mol. The van der Waals surface area contributed by atoms with Crippen LogP contribution in [0.4, 0.5) is 5.69 Å². The van der Waals surface area contributed by atoms with Crippen LogP contribution in [0.3, 0.4) is 0 Å². The second kappa shape index (κ2) is 10.9. The number of aromatic carboxylic acids is 1. The van der Waals surface area contributed by atoms with Crippen LogP contribution in [0.5, 0.6) is 0 Å². The van der Waals surface area contributed by atoms with Gasteiger partial charge in [-0.05, 0) is 59.5 Å². The SMILES string of the molecule is O=C([O-])c1ccc(NCCC(c2ccc(Cl)cc2)c2ccc(Cl)cc2)cc1.[Na+]. The van der Waals surface area contributed by atoms with E-state index in [0.717, 1.165) is 18.7 Å². The van der Waals surface area contributed by atoms with E-state index in [9.17, 15) is 9.90 Å². The van der Waals surface area contributed by atoms with Crippen molar-refractivity contribution in [2.75, 3.05) is 11.9 Å². The van der Waals surface area contributed by atoms with Crippen LogP contribution >= 0.6 is 23.2 Å². The van der Waals surface area contributed by atoms with Crippen LogP contribution in [-0.2, 0) is 0 Å². The van der Waals surface area contributed by atoms with Crippen LogP contribution in [0.25, 0.3) is 0 Å². The first kappa shape index (κ1) is 22.8. The number of halogens is 2. The second-order valence-corrected chi connectivity index (χ2v) is 7.11. The molecule has 138 valence electrons. The van der Waals surface area contributed by atoms with E-state index in [2.05, 4.69) is 5.32 Å². The predicted molar refractivity (Wildman–Crippen MR) is 109 cm³/mol. The quantitative estimate of drug-likeness (QED) is 0.593. The summed E-state index contributed by atoms with van der Waals surface area (Å²) in [5, 5.41) is 15.6. The van der Waals surface area contributed by atoms with E-state index in [1.54, 1.807) is 12.1 Å². The van der Waals surface area contributed by atoms with Gasteiger partial charge in [0.05, 0.1) is 5.97 Å². The molecule has 0 aliphatic rings. The smallest absolute Gasteiger partial charge is 0.545 e. The summed E-state index contributed by atoms with van der Waals surface area (Å²) < 4.78 is 0. The van der Waals surface area contributed by atoms with Gasteiger partial charge in [0.2, 0.25) is 0 Å². The Morgan fingerprint density at radius 1 is 0.821 bits per heavy atom. The number of anilines is 1. The van der Waals surface area contributed by atoms with Gasteiger partial charge >= 0.3 is 29.6 Å². The van der Waals surface area contributed by atoms with Gasteiger partial charge in [-0.15, -0.1) is 0 Å². The van der Waals surface area contributed by atoms with Crippen LogP contribution < -0.4 is 40.0 Å². The molecule has 28 heavy (non-hydrogen) atoms. The van der Waals surface area contributed by atoms with Crippen molar-refractivity contribution in [3.8, 4) is 0 Å². The minimum atomic E-state index is -1.17. The Morgan fingerprint density at radius 3 is 1.71 bits per heavy atom. The Labute approximate surface area is 197 Å². The Hall–Kier alpha value is -1.49. The standard InChI is InChI=1S/C22H19Cl2NO2.Na/c23-18-7-1-15(2-8-18)21(16-3-9-19(24)10-4-16)13-14-25-20-11-5-17(6-12-20)22(26)27;/h1-12,21,25H,13-14H2,(H,26,27);/q;+1/p-1. The Morgan fingerprint density at radius 2 is 1.29 bits per heavy atom. The molecule has 0 saturated carbocycles. The second-order valence-electron chi connectivity index (χ2n) is 6.24. The van der Waals surface area contributed by atoms with Crippen LogP contribution in [0.1, 0.15) is 33.8 Å². The van der Waals surface area contributed by atoms with Gasteiger partial charge in [0.25, 0.3) is 0 Å². The summed E-state index contributed by atoms with van der Waals surface area (Å²) in [4.78, 5) is 10.8. The molecule has 0 fully saturated rings. The fraction of sp³-hybridized carbons (Fsp3) is 0.136. The van der Waals surface area contributed by atoms with Gasteiger partial charge in [-0.25, -0.2) is 0 Å². The molecule has 0 aliphatic heterocycles. The molecule has 0 atom stereocenters. The molecule has 0 heterocycles. The topological polar surface area (TPSA) is 52.2 Å². The molecule has 0 aliphatic carbocycles. The fourth-order valence-electron chi connectivity index (χ4n) is 3.00. The third-order valence-electron chi connectivity index (χ3n) is 4.43. The number of carboxylic acid groups (broad SMARTS) is 1. The van der Waals surface area contributed by atoms with E-state index >= 15 is 0 Å². The van der Waals surface area contributed by atoms with Crippen molar-refractivity contribution < 1.29 is 39.5 Å². The van der Waals surface area contributed by atoms with Gasteiger partial charge in [-0.1, -0.05) is 59.6 Å². The Balaban J connectivity index is 0.00000280. The van der Waals surface area contributed by atoms with Gasteiger partial charge in [0.1, 0.15) is 0 Å². The molecule has 0 spiro atoms. The molecular weight excluding hydrogens is 404 g/mol. The van der Waals surface area contributed by atoms with Crippen molar-refractivity contribution in [1.29, 1.82) is 0 Å². The van der Waals surface area contributed by atoms with E-state index < -0.39 is 5.97 Å². The third kappa shape index (κ3) is 6.26. The van der Waals surface area contributed by atoms with Gasteiger partial charge < -0.3 is 15.2 Å². The van der Waals surface area contributed by atoms with Crippen molar-refractivity contribution in [3.05, 3.63) is 99.5 Å². The minimum absolute atomic E-state index is 0. The molecule has 0 radical (unpaired) electrons. The zero-order valence-electron chi connectivity index (χ0n) is 15.5. The van der Waals surface area contributed by atoms with E-state index in [-0.39, 0.29) is 41.0 Å². The normalized spacial score (nSPS) is 10.4. The summed E-state index contributed by atoms with van der Waals surface area (Å²) in [7, 11) is 0. The number of benzene rings is 3. The van der Waals surface area contributed by atoms with Crippen LogP contribution in [0.2, 0.25) is 10.0 Å². The van der Waals surface area contributed by atoms with Crippen LogP contribution in [0, 0.1) is 0 Å². The van der Waals surface area contributed by atoms with Gasteiger partial charge in [-0.3, -0.25) is 0 Å². The summed E-state index contributed by atoms with van der Waals surface area (Å²) in [6, 6.07) is 22.3. The molecule has 3 rings (SSSR count). The number of rotatable bonds is 7. The largest absolute Gasteiger partial charge is 1.00 e. The third-order valence-corrected chi connectivity index (χ3v) is 4.93. The number of carbonyl (C=O) groups is 1. The van der Waals surface area contributed by atoms with Gasteiger partial charge in [-0.2, -0.15) is 0 Å². The summed E-state index contributed by atoms with van der Waals surface area (Å²) in [5.41, 5.74) is 3.39. The number of carboxylic acids is 1. The van der Waals surface area contributed by atoms with Crippen molar-refractivity contribution in [2.45, 2.75) is 12.3 Å². The number of hydrogen-bond acceptors (Lipinski definition) is 3. The predicted octanol–water partition coefficient (Wildman–Crippen LogP) is 2.00. The maximum absolute atomic E-state index is 10.8. The first-order chi connectivity index (χ1) is 13.0. The number of hydrogen-bond donors (Lipinski definition) is 1. The monoisotopic (exact) mass is 421 g/mol. The number of carbonyl (C=O) groups excluding carboxylic acids is 1. The molecule has 3 nitrogen and oxygen atoms in total. The molecule has 0 amide bonds. The minimum Gasteiger partial charge on any atom is -0.545 e. The van der Waals surface area contributed by atoms with Crippen molar-refractivity contribution in [1.82, 2.24) is 0 Å². The molecule has 0 aromatic heterocycles. The molecule has 1 N–H and O–H groups in total. The van der Waals surface area contributed by atoms with Gasteiger partial charge in [0.15, 0.2) is 0 Å². The summed E-state index contributed by atoms with van der Waals surface area (Å²) in [6.07, 6.45) is 0.853. The molecule has 3 aromatic carbocycles. The van der Waals surface area contributed by atoms with Crippen LogP contribution in [0.15, 0.2) is 72.8 Å². The zero-order valence-corrected chi connectivity index (χ0v) is 19.0. The Bertz CT molecular complexity index is 852. The van der Waals surface area contributed by atoms with E-state index in [1.165, 1.54) is 23.3 Å². The van der Waals surface area contributed by atoms with Crippen molar-refractivity contribution in [3.63, 3.8) is 0 Å². The average Bonchev–Trinajstić information content (AvgIpc) is 2.67. The first-order valence-corrected chi connectivity index (χ1v) is 9.35.